The third-order valence-electron chi connectivity index (χ3n) is 3.11. The van der Waals surface area contributed by atoms with Crippen LogP contribution in [0.2, 0.25) is 0 Å². The van der Waals surface area contributed by atoms with Crippen molar-refractivity contribution in [1.29, 1.82) is 0 Å². The summed E-state index contributed by atoms with van der Waals surface area (Å²) < 4.78 is 1.63. The maximum absolute atomic E-state index is 11.4. The lowest BCUT2D eigenvalue weighted by atomic mass is 9.98. The highest BCUT2D eigenvalue weighted by atomic mass is 16.1. The number of hydrogen-bond donors (Lipinski definition) is 1. The third kappa shape index (κ3) is 1.58. The predicted molar refractivity (Wildman–Crippen MR) is 62.2 cm³/mol. The summed E-state index contributed by atoms with van der Waals surface area (Å²) >= 11 is 0. The number of aromatic nitrogens is 2. The maximum atomic E-state index is 11.4. The zero-order valence-electron chi connectivity index (χ0n) is 9.37. The Morgan fingerprint density at radius 3 is 2.87 bits per heavy atom. The van der Waals surface area contributed by atoms with E-state index in [1.165, 1.54) is 5.56 Å². The van der Waals surface area contributed by atoms with Gasteiger partial charge in [0.25, 0.3) is 0 Å². The van der Waals surface area contributed by atoms with Crippen molar-refractivity contribution in [2.75, 3.05) is 0 Å². The van der Waals surface area contributed by atoms with E-state index in [0.717, 1.165) is 17.5 Å². The molecule has 0 saturated carbocycles. The highest BCUT2D eigenvalue weighted by Gasteiger charge is 2.07. The van der Waals surface area contributed by atoms with Crippen molar-refractivity contribution >= 4 is 11.0 Å². The molecule has 0 bridgehead atoms. The van der Waals surface area contributed by atoms with Gasteiger partial charge < -0.3 is 4.98 Å². The Morgan fingerprint density at radius 1 is 1.47 bits per heavy atom. The molecule has 1 N–H and O–H groups in total. The number of rotatable bonds is 2. The summed E-state index contributed by atoms with van der Waals surface area (Å²) in [6.07, 6.45) is 1.11. The smallest absolute Gasteiger partial charge is 0.306 e. The van der Waals surface area contributed by atoms with Gasteiger partial charge in [0.05, 0.1) is 11.0 Å². The molecule has 2 aromatic rings. The summed E-state index contributed by atoms with van der Waals surface area (Å²) in [6.45, 7) is 4.37. The molecule has 0 radical (unpaired) electrons. The van der Waals surface area contributed by atoms with E-state index in [0.29, 0.717) is 5.92 Å². The molecule has 0 amide bonds. The summed E-state index contributed by atoms with van der Waals surface area (Å²) in [7, 11) is 1.78. The largest absolute Gasteiger partial charge is 0.326 e. The molecule has 15 heavy (non-hydrogen) atoms. The van der Waals surface area contributed by atoms with E-state index in [-0.39, 0.29) is 5.69 Å². The van der Waals surface area contributed by atoms with Gasteiger partial charge >= 0.3 is 5.69 Å². The second kappa shape index (κ2) is 3.57. The fourth-order valence-electron chi connectivity index (χ4n) is 1.80. The molecule has 1 atom stereocenters. The number of aryl methyl sites for hydroxylation is 1. The second-order valence-corrected chi connectivity index (χ2v) is 4.08. The first kappa shape index (κ1) is 10.0. The lowest BCUT2D eigenvalue weighted by molar-refractivity contribution is 0.734. The van der Waals surface area contributed by atoms with Gasteiger partial charge in [0.15, 0.2) is 0 Å². The number of aromatic amines is 1. The monoisotopic (exact) mass is 204 g/mol. The number of nitrogens with one attached hydrogen (secondary N) is 1. The number of imidazole rings is 1. The standard InChI is InChI=1S/C12H16N2O/c1-4-8(2)9-5-6-11-10(7-9)13-12(15)14(11)3/h5-8H,4H2,1-3H3,(H,13,15). The third-order valence-corrected chi connectivity index (χ3v) is 3.11. The van der Waals surface area contributed by atoms with Crippen LogP contribution < -0.4 is 5.69 Å². The van der Waals surface area contributed by atoms with E-state index in [4.69, 9.17) is 0 Å². The van der Waals surface area contributed by atoms with Crippen molar-refractivity contribution in [3.05, 3.63) is 34.2 Å². The number of benzene rings is 1. The first-order valence-corrected chi connectivity index (χ1v) is 5.32. The van der Waals surface area contributed by atoms with E-state index in [2.05, 4.69) is 31.0 Å². The van der Waals surface area contributed by atoms with Crippen LogP contribution in [-0.4, -0.2) is 9.55 Å². The van der Waals surface area contributed by atoms with Gasteiger partial charge in [-0.2, -0.15) is 0 Å². The van der Waals surface area contributed by atoms with Crippen molar-refractivity contribution in [2.45, 2.75) is 26.2 Å². The molecule has 1 unspecified atom stereocenters. The average Bonchev–Trinajstić information content (AvgIpc) is 2.53. The summed E-state index contributed by atoms with van der Waals surface area (Å²) in [5.41, 5.74) is 3.13. The van der Waals surface area contributed by atoms with Gasteiger partial charge in [-0.15, -0.1) is 0 Å². The summed E-state index contributed by atoms with van der Waals surface area (Å²) in [6, 6.07) is 6.18. The van der Waals surface area contributed by atoms with Crippen molar-refractivity contribution in [1.82, 2.24) is 9.55 Å². The van der Waals surface area contributed by atoms with Gasteiger partial charge in [-0.05, 0) is 30.0 Å². The SMILES string of the molecule is CCC(C)c1ccc2c(c1)[nH]c(=O)n2C. The Balaban J connectivity index is 2.62. The molecule has 0 spiro atoms. The van der Waals surface area contributed by atoms with Gasteiger partial charge in [0, 0.05) is 7.05 Å². The van der Waals surface area contributed by atoms with E-state index >= 15 is 0 Å². The minimum Gasteiger partial charge on any atom is -0.306 e. The van der Waals surface area contributed by atoms with Crippen molar-refractivity contribution in [3.63, 3.8) is 0 Å². The molecule has 0 saturated heterocycles. The second-order valence-electron chi connectivity index (χ2n) is 4.08. The Labute approximate surface area is 88.7 Å². The molecule has 1 aromatic heterocycles. The maximum Gasteiger partial charge on any atom is 0.326 e. The number of H-pyrrole nitrogens is 1. The molecule has 1 aromatic carbocycles. The van der Waals surface area contributed by atoms with Crippen LogP contribution in [0.15, 0.2) is 23.0 Å². The lowest BCUT2D eigenvalue weighted by Gasteiger charge is -2.08. The van der Waals surface area contributed by atoms with Gasteiger partial charge in [-0.1, -0.05) is 19.9 Å². The van der Waals surface area contributed by atoms with E-state index < -0.39 is 0 Å². The normalized spacial score (nSPS) is 13.3. The molecular formula is C12H16N2O. The van der Waals surface area contributed by atoms with Crippen LogP contribution in [0.25, 0.3) is 11.0 Å². The number of fused-ring (bicyclic) bond motifs is 1. The number of nitrogens with zero attached hydrogens (tertiary/aromatic N) is 1. The fraction of sp³-hybridized carbons (Fsp3) is 0.417. The van der Waals surface area contributed by atoms with Crippen LogP contribution in [0.3, 0.4) is 0 Å². The Morgan fingerprint density at radius 2 is 2.20 bits per heavy atom. The quantitative estimate of drug-likeness (QED) is 0.801. The summed E-state index contributed by atoms with van der Waals surface area (Å²) in [5.74, 6) is 0.540. The molecule has 1 heterocycles. The molecule has 3 heteroatoms. The zero-order valence-corrected chi connectivity index (χ0v) is 9.37. The van der Waals surface area contributed by atoms with Crippen LogP contribution in [0.1, 0.15) is 31.7 Å². The van der Waals surface area contributed by atoms with Crippen molar-refractivity contribution in [3.8, 4) is 0 Å². The predicted octanol–water partition coefficient (Wildman–Crippen LogP) is 2.38. The molecular weight excluding hydrogens is 188 g/mol. The van der Waals surface area contributed by atoms with Crippen LogP contribution in [0.4, 0.5) is 0 Å². The minimum absolute atomic E-state index is 0.0497. The average molecular weight is 204 g/mol. The molecule has 0 aliphatic rings. The highest BCUT2D eigenvalue weighted by molar-refractivity contribution is 5.76. The van der Waals surface area contributed by atoms with Crippen LogP contribution in [0, 0.1) is 0 Å². The van der Waals surface area contributed by atoms with Crippen molar-refractivity contribution < 1.29 is 0 Å². The first-order valence-electron chi connectivity index (χ1n) is 5.32. The Hall–Kier alpha value is -1.51. The lowest BCUT2D eigenvalue weighted by Crippen LogP contribution is -2.11. The molecule has 80 valence electrons. The minimum atomic E-state index is -0.0497. The van der Waals surface area contributed by atoms with Crippen molar-refractivity contribution in [2.24, 2.45) is 7.05 Å². The van der Waals surface area contributed by atoms with E-state index in [1.54, 1.807) is 11.6 Å². The molecule has 0 aliphatic heterocycles. The summed E-state index contributed by atoms with van der Waals surface area (Å²) in [4.78, 5) is 14.3. The highest BCUT2D eigenvalue weighted by Crippen LogP contribution is 2.21. The molecule has 2 rings (SSSR count). The Kier molecular flexibility index (Phi) is 2.39. The van der Waals surface area contributed by atoms with Crippen LogP contribution >= 0.6 is 0 Å². The fourth-order valence-corrected chi connectivity index (χ4v) is 1.80. The number of hydrogen-bond acceptors (Lipinski definition) is 1. The molecule has 3 nitrogen and oxygen atoms in total. The first-order chi connectivity index (χ1) is 7.13. The van der Waals surface area contributed by atoms with Gasteiger partial charge in [-0.25, -0.2) is 4.79 Å². The summed E-state index contributed by atoms with van der Waals surface area (Å²) in [5, 5.41) is 0. The van der Waals surface area contributed by atoms with Gasteiger partial charge in [0.2, 0.25) is 0 Å². The zero-order chi connectivity index (χ0) is 11.0. The topological polar surface area (TPSA) is 37.8 Å². The van der Waals surface area contributed by atoms with E-state index in [9.17, 15) is 4.79 Å². The van der Waals surface area contributed by atoms with Gasteiger partial charge in [-0.3, -0.25) is 4.57 Å². The van der Waals surface area contributed by atoms with Gasteiger partial charge in [0.1, 0.15) is 0 Å². The molecule has 0 aliphatic carbocycles. The van der Waals surface area contributed by atoms with E-state index in [1.807, 2.05) is 6.07 Å². The molecule has 0 fully saturated rings. The Bertz CT molecular complexity index is 536. The van der Waals surface area contributed by atoms with Crippen LogP contribution in [0.5, 0.6) is 0 Å². The van der Waals surface area contributed by atoms with Crippen LogP contribution in [-0.2, 0) is 7.05 Å².